The summed E-state index contributed by atoms with van der Waals surface area (Å²) in [6, 6.07) is 0. The predicted octanol–water partition coefficient (Wildman–Crippen LogP) is -1.15. The Kier molecular flexibility index (Phi) is 5.59. The van der Waals surface area contributed by atoms with Gasteiger partial charge in [0.15, 0.2) is 0 Å². The fourth-order valence-corrected chi connectivity index (χ4v) is 1.37. The average molecular weight is 287 g/mol. The molecule has 0 amide bonds. The van der Waals surface area contributed by atoms with Crippen LogP contribution in [0.1, 0.15) is 12.5 Å². The van der Waals surface area contributed by atoms with Crippen LogP contribution in [0.15, 0.2) is 15.8 Å². The van der Waals surface area contributed by atoms with Crippen molar-refractivity contribution in [3.63, 3.8) is 0 Å². The van der Waals surface area contributed by atoms with Crippen LogP contribution >= 0.6 is 0 Å². The first-order valence-corrected chi connectivity index (χ1v) is 5.62. The van der Waals surface area contributed by atoms with Crippen molar-refractivity contribution in [2.75, 3.05) is 13.3 Å². The first-order valence-electron chi connectivity index (χ1n) is 5.62. The van der Waals surface area contributed by atoms with Crippen LogP contribution in [-0.4, -0.2) is 33.8 Å². The van der Waals surface area contributed by atoms with Crippen LogP contribution < -0.4 is 11.2 Å². The molecule has 20 heavy (non-hydrogen) atoms. The standard InChI is InChI=1S/C10H13N3O7/c1-2-20-8(14)4-12-9(15)7(3-11-10(12)16)5-19-6-13(17)18/h3H,2,4-6H2,1H3,(H,11,16). The molecule has 0 atom stereocenters. The van der Waals surface area contributed by atoms with Crippen molar-refractivity contribution in [3.05, 3.63) is 42.7 Å². The first kappa shape index (κ1) is 15.6. The summed E-state index contributed by atoms with van der Waals surface area (Å²) >= 11 is 0. The van der Waals surface area contributed by atoms with Gasteiger partial charge in [-0.05, 0) is 6.92 Å². The second-order valence-corrected chi connectivity index (χ2v) is 3.63. The highest BCUT2D eigenvalue weighted by Gasteiger charge is 2.12. The van der Waals surface area contributed by atoms with Gasteiger partial charge in [0, 0.05) is 11.1 Å². The highest BCUT2D eigenvalue weighted by atomic mass is 16.7. The zero-order chi connectivity index (χ0) is 15.1. The third kappa shape index (κ3) is 4.31. The van der Waals surface area contributed by atoms with Gasteiger partial charge in [-0.3, -0.25) is 19.7 Å². The smallest absolute Gasteiger partial charge is 0.328 e. The molecule has 1 aromatic heterocycles. The average Bonchev–Trinajstić information content (AvgIpc) is 2.37. The summed E-state index contributed by atoms with van der Waals surface area (Å²) in [4.78, 5) is 46.3. The molecule has 0 aliphatic carbocycles. The monoisotopic (exact) mass is 287 g/mol. The third-order valence-electron chi connectivity index (χ3n) is 2.18. The van der Waals surface area contributed by atoms with Crippen molar-refractivity contribution in [1.29, 1.82) is 0 Å². The van der Waals surface area contributed by atoms with Gasteiger partial charge in [0.2, 0.25) is 0 Å². The maximum Gasteiger partial charge on any atom is 0.328 e. The van der Waals surface area contributed by atoms with Gasteiger partial charge in [-0.15, -0.1) is 0 Å². The molecule has 1 rings (SSSR count). The molecule has 0 aromatic carbocycles. The number of carbonyl (C=O) groups is 1. The molecule has 0 fully saturated rings. The van der Waals surface area contributed by atoms with Crippen molar-refractivity contribution in [2.45, 2.75) is 20.1 Å². The van der Waals surface area contributed by atoms with Crippen LogP contribution in [0.3, 0.4) is 0 Å². The lowest BCUT2D eigenvalue weighted by molar-refractivity contribution is -0.527. The van der Waals surface area contributed by atoms with Crippen LogP contribution in [0, 0.1) is 10.1 Å². The van der Waals surface area contributed by atoms with E-state index in [1.165, 1.54) is 0 Å². The van der Waals surface area contributed by atoms with Gasteiger partial charge < -0.3 is 14.5 Å². The van der Waals surface area contributed by atoms with E-state index >= 15 is 0 Å². The Balaban J connectivity index is 2.90. The Bertz CT molecular complexity index is 604. The lowest BCUT2D eigenvalue weighted by Gasteiger charge is -2.06. The van der Waals surface area contributed by atoms with Gasteiger partial charge in [-0.2, -0.15) is 0 Å². The number of esters is 1. The molecule has 0 radical (unpaired) electrons. The molecule has 1 heterocycles. The summed E-state index contributed by atoms with van der Waals surface area (Å²) < 4.78 is 9.94. The Labute approximate surface area is 112 Å². The number of hydrogen-bond acceptors (Lipinski definition) is 7. The normalized spacial score (nSPS) is 10.2. The fraction of sp³-hybridized carbons (Fsp3) is 0.500. The van der Waals surface area contributed by atoms with E-state index in [2.05, 4.69) is 14.5 Å². The number of aromatic nitrogens is 2. The van der Waals surface area contributed by atoms with Gasteiger partial charge in [0.1, 0.15) is 6.54 Å². The lowest BCUT2D eigenvalue weighted by atomic mass is 10.3. The summed E-state index contributed by atoms with van der Waals surface area (Å²) in [7, 11) is 0. The molecule has 10 heteroatoms. The van der Waals surface area contributed by atoms with Crippen LogP contribution in [0.2, 0.25) is 0 Å². The van der Waals surface area contributed by atoms with E-state index in [9.17, 15) is 24.5 Å². The molecule has 0 unspecified atom stereocenters. The summed E-state index contributed by atoms with van der Waals surface area (Å²) in [6.45, 7) is 0.0604. The minimum atomic E-state index is -0.777. The number of H-pyrrole nitrogens is 1. The lowest BCUT2D eigenvalue weighted by Crippen LogP contribution is -2.39. The van der Waals surface area contributed by atoms with Crippen molar-refractivity contribution in [1.82, 2.24) is 9.55 Å². The second kappa shape index (κ2) is 7.19. The Morgan fingerprint density at radius 2 is 2.20 bits per heavy atom. The van der Waals surface area contributed by atoms with E-state index in [-0.39, 0.29) is 18.8 Å². The highest BCUT2D eigenvalue weighted by molar-refractivity contribution is 5.69. The number of rotatable bonds is 7. The number of hydrogen-bond donors (Lipinski definition) is 1. The minimum absolute atomic E-state index is 0.00394. The maximum atomic E-state index is 11.9. The van der Waals surface area contributed by atoms with Crippen LogP contribution in [0.4, 0.5) is 0 Å². The minimum Gasteiger partial charge on any atom is -0.465 e. The van der Waals surface area contributed by atoms with E-state index in [1.807, 2.05) is 0 Å². The van der Waals surface area contributed by atoms with Gasteiger partial charge >= 0.3 is 18.4 Å². The van der Waals surface area contributed by atoms with Crippen molar-refractivity contribution in [2.24, 2.45) is 0 Å². The summed E-state index contributed by atoms with van der Waals surface area (Å²) in [5.74, 6) is -0.733. The largest absolute Gasteiger partial charge is 0.465 e. The van der Waals surface area contributed by atoms with Crippen molar-refractivity contribution >= 4 is 5.97 Å². The van der Waals surface area contributed by atoms with Crippen LogP contribution in [0.25, 0.3) is 0 Å². The molecule has 0 saturated carbocycles. The van der Waals surface area contributed by atoms with E-state index < -0.39 is 35.4 Å². The predicted molar refractivity (Wildman–Crippen MR) is 64.6 cm³/mol. The Hall–Kier alpha value is -2.49. The molecular weight excluding hydrogens is 274 g/mol. The van der Waals surface area contributed by atoms with Crippen molar-refractivity contribution in [3.8, 4) is 0 Å². The Morgan fingerprint density at radius 3 is 2.80 bits per heavy atom. The second-order valence-electron chi connectivity index (χ2n) is 3.63. The number of aromatic amines is 1. The molecule has 0 aliphatic heterocycles. The van der Waals surface area contributed by atoms with E-state index in [0.717, 1.165) is 6.20 Å². The summed E-state index contributed by atoms with van der Waals surface area (Å²) in [6.07, 6.45) is 1.09. The highest BCUT2D eigenvalue weighted by Crippen LogP contribution is 1.91. The zero-order valence-corrected chi connectivity index (χ0v) is 10.7. The number of ether oxygens (including phenoxy) is 2. The Morgan fingerprint density at radius 1 is 1.50 bits per heavy atom. The van der Waals surface area contributed by atoms with Crippen molar-refractivity contribution < 1.29 is 19.2 Å². The summed E-state index contributed by atoms with van der Waals surface area (Å²) in [5.41, 5.74) is -1.54. The molecule has 10 nitrogen and oxygen atoms in total. The maximum absolute atomic E-state index is 11.9. The van der Waals surface area contributed by atoms with Gasteiger partial charge in [-0.25, -0.2) is 9.36 Å². The van der Waals surface area contributed by atoms with Crippen LogP contribution in [0.5, 0.6) is 0 Å². The fourth-order valence-electron chi connectivity index (χ4n) is 1.37. The van der Waals surface area contributed by atoms with E-state index in [0.29, 0.717) is 4.57 Å². The first-order chi connectivity index (χ1) is 9.45. The van der Waals surface area contributed by atoms with E-state index in [1.54, 1.807) is 6.92 Å². The molecular formula is C10H13N3O7. The molecule has 110 valence electrons. The molecule has 1 N–H and O–H groups in total. The molecule has 0 bridgehead atoms. The summed E-state index contributed by atoms with van der Waals surface area (Å²) in [5, 5.41) is 10.1. The quantitative estimate of drug-likeness (QED) is 0.289. The topological polar surface area (TPSA) is 134 Å². The molecule has 0 aliphatic rings. The number of nitrogens with one attached hydrogen (secondary N) is 1. The van der Waals surface area contributed by atoms with Gasteiger partial charge in [0.25, 0.3) is 5.56 Å². The molecule has 0 spiro atoms. The number of nitrogens with zero attached hydrogens (tertiary/aromatic N) is 2. The van der Waals surface area contributed by atoms with Gasteiger partial charge in [0.05, 0.1) is 18.8 Å². The number of nitro groups is 1. The number of carbonyl (C=O) groups excluding carboxylic acids is 1. The third-order valence-corrected chi connectivity index (χ3v) is 2.18. The van der Waals surface area contributed by atoms with Crippen LogP contribution in [-0.2, 0) is 27.4 Å². The SMILES string of the molecule is CCOC(=O)Cn1c(=O)[nH]cc(COC[N+](=O)[O-])c1=O. The molecule has 1 aromatic rings. The van der Waals surface area contributed by atoms with E-state index in [4.69, 9.17) is 0 Å². The van der Waals surface area contributed by atoms with Gasteiger partial charge in [-0.1, -0.05) is 0 Å². The zero-order valence-electron chi connectivity index (χ0n) is 10.7. The molecule has 0 saturated heterocycles.